The predicted octanol–water partition coefficient (Wildman–Crippen LogP) is 2.04. The summed E-state index contributed by atoms with van der Waals surface area (Å²) in [5.41, 5.74) is 3.32. The number of carbonyl (C=O) groups excluding carboxylic acids is 1. The van der Waals surface area contributed by atoms with E-state index in [0.29, 0.717) is 11.2 Å². The molecule has 7 heteroatoms. The molecular formula is C15H19N5OS. The van der Waals surface area contributed by atoms with Crippen molar-refractivity contribution in [2.24, 2.45) is 0 Å². The van der Waals surface area contributed by atoms with Crippen molar-refractivity contribution < 1.29 is 4.79 Å². The molecule has 1 aliphatic rings. The summed E-state index contributed by atoms with van der Waals surface area (Å²) in [6, 6.07) is 6.44. The number of thioether (sulfide) groups is 1. The summed E-state index contributed by atoms with van der Waals surface area (Å²) in [5, 5.41) is 15.2. The molecule has 3 rings (SSSR count). The maximum Gasteiger partial charge on any atom is 0.233 e. The fourth-order valence-corrected chi connectivity index (χ4v) is 2.85. The summed E-state index contributed by atoms with van der Waals surface area (Å²) < 4.78 is 1.68. The number of aromatic nitrogens is 4. The van der Waals surface area contributed by atoms with Crippen LogP contribution in [0.25, 0.3) is 5.69 Å². The molecule has 0 radical (unpaired) electrons. The molecule has 1 aliphatic carbocycles. The second-order valence-electron chi connectivity index (χ2n) is 5.68. The Labute approximate surface area is 133 Å². The summed E-state index contributed by atoms with van der Waals surface area (Å²) in [4.78, 5) is 12.1. The van der Waals surface area contributed by atoms with Crippen molar-refractivity contribution in [1.82, 2.24) is 25.5 Å². The molecule has 22 heavy (non-hydrogen) atoms. The van der Waals surface area contributed by atoms with Crippen LogP contribution < -0.4 is 5.32 Å². The highest BCUT2D eigenvalue weighted by Crippen LogP contribution is 2.25. The molecule has 1 aromatic carbocycles. The van der Waals surface area contributed by atoms with Gasteiger partial charge >= 0.3 is 0 Å². The fourth-order valence-electron chi connectivity index (χ4n) is 2.03. The van der Waals surface area contributed by atoms with E-state index in [1.54, 1.807) is 4.68 Å². The van der Waals surface area contributed by atoms with Crippen LogP contribution in [0.15, 0.2) is 23.4 Å². The van der Waals surface area contributed by atoms with Gasteiger partial charge in [-0.2, -0.15) is 4.68 Å². The lowest BCUT2D eigenvalue weighted by molar-refractivity contribution is -0.120. The number of tetrazole rings is 1. The van der Waals surface area contributed by atoms with Crippen LogP contribution in [0.4, 0.5) is 0 Å². The highest BCUT2D eigenvalue weighted by Gasteiger charge is 2.27. The maximum atomic E-state index is 12.1. The molecule has 1 aromatic heterocycles. The monoisotopic (exact) mass is 317 g/mol. The second-order valence-corrected chi connectivity index (χ2v) is 6.99. The van der Waals surface area contributed by atoms with E-state index in [1.807, 2.05) is 25.1 Å². The van der Waals surface area contributed by atoms with Crippen LogP contribution in [0.5, 0.6) is 0 Å². The van der Waals surface area contributed by atoms with E-state index in [0.717, 1.165) is 18.5 Å². The molecule has 6 nitrogen and oxygen atoms in total. The lowest BCUT2D eigenvalue weighted by Crippen LogP contribution is -2.32. The third-order valence-corrected chi connectivity index (χ3v) is 4.78. The minimum Gasteiger partial charge on any atom is -0.352 e. The highest BCUT2D eigenvalue weighted by molar-refractivity contribution is 8.00. The van der Waals surface area contributed by atoms with Crippen LogP contribution in [-0.4, -0.2) is 37.4 Å². The first-order chi connectivity index (χ1) is 10.5. The molecule has 1 atom stereocenters. The SMILES string of the molecule is Cc1ccc(-n2nnnc2SC(C)C(=O)NC2CC2)cc1C. The third kappa shape index (κ3) is 3.30. The van der Waals surface area contributed by atoms with Gasteiger partial charge in [-0.3, -0.25) is 4.79 Å². The first kappa shape index (κ1) is 15.0. The molecule has 1 fully saturated rings. The van der Waals surface area contributed by atoms with E-state index in [4.69, 9.17) is 0 Å². The van der Waals surface area contributed by atoms with E-state index in [1.165, 1.54) is 22.9 Å². The fraction of sp³-hybridized carbons (Fsp3) is 0.467. The number of rotatable bonds is 5. The summed E-state index contributed by atoms with van der Waals surface area (Å²) in [6.45, 7) is 6.00. The van der Waals surface area contributed by atoms with Crippen molar-refractivity contribution >= 4 is 17.7 Å². The van der Waals surface area contributed by atoms with Gasteiger partial charge in [0.25, 0.3) is 0 Å². The lowest BCUT2D eigenvalue weighted by atomic mass is 10.1. The molecule has 116 valence electrons. The number of hydrogen-bond donors (Lipinski definition) is 1. The van der Waals surface area contributed by atoms with Crippen LogP contribution in [0.1, 0.15) is 30.9 Å². The first-order valence-electron chi connectivity index (χ1n) is 7.37. The van der Waals surface area contributed by atoms with E-state index in [-0.39, 0.29) is 11.2 Å². The van der Waals surface area contributed by atoms with Crippen molar-refractivity contribution in [1.29, 1.82) is 0 Å². The van der Waals surface area contributed by atoms with Crippen molar-refractivity contribution in [3.8, 4) is 5.69 Å². The zero-order valence-electron chi connectivity index (χ0n) is 12.9. The summed E-state index contributed by atoms with van der Waals surface area (Å²) in [6.07, 6.45) is 2.17. The Bertz CT molecular complexity index is 695. The van der Waals surface area contributed by atoms with E-state index in [9.17, 15) is 4.79 Å². The van der Waals surface area contributed by atoms with Gasteiger partial charge in [-0.1, -0.05) is 17.8 Å². The van der Waals surface area contributed by atoms with Gasteiger partial charge in [0.15, 0.2) is 0 Å². The van der Waals surface area contributed by atoms with Gasteiger partial charge in [-0.25, -0.2) is 0 Å². The van der Waals surface area contributed by atoms with Gasteiger partial charge in [0.1, 0.15) is 0 Å². The average molecular weight is 317 g/mol. The topological polar surface area (TPSA) is 72.7 Å². The molecule has 0 bridgehead atoms. The lowest BCUT2D eigenvalue weighted by Gasteiger charge is -2.11. The molecular weight excluding hydrogens is 298 g/mol. The molecule has 0 spiro atoms. The largest absolute Gasteiger partial charge is 0.352 e. The number of aryl methyl sites for hydroxylation is 2. The summed E-state index contributed by atoms with van der Waals surface area (Å²) in [5.74, 6) is 0.0436. The Kier molecular flexibility index (Phi) is 4.15. The number of hydrogen-bond acceptors (Lipinski definition) is 5. The van der Waals surface area contributed by atoms with Crippen LogP contribution in [0.3, 0.4) is 0 Å². The maximum absolute atomic E-state index is 12.1. The number of carbonyl (C=O) groups is 1. The predicted molar refractivity (Wildman–Crippen MR) is 85.1 cm³/mol. The van der Waals surface area contributed by atoms with E-state index < -0.39 is 0 Å². The highest BCUT2D eigenvalue weighted by atomic mass is 32.2. The molecule has 1 N–H and O–H groups in total. The Morgan fingerprint density at radius 1 is 1.36 bits per heavy atom. The Morgan fingerprint density at radius 3 is 2.82 bits per heavy atom. The minimum atomic E-state index is -0.225. The van der Waals surface area contributed by atoms with Gasteiger partial charge in [0.05, 0.1) is 10.9 Å². The van der Waals surface area contributed by atoms with Crippen LogP contribution in [-0.2, 0) is 4.79 Å². The Balaban J connectivity index is 1.76. The first-order valence-corrected chi connectivity index (χ1v) is 8.25. The molecule has 1 saturated carbocycles. The molecule has 1 heterocycles. The van der Waals surface area contributed by atoms with Crippen LogP contribution >= 0.6 is 11.8 Å². The molecule has 1 amide bonds. The van der Waals surface area contributed by atoms with Crippen LogP contribution in [0, 0.1) is 13.8 Å². The number of benzene rings is 1. The van der Waals surface area contributed by atoms with Gasteiger partial charge < -0.3 is 5.32 Å². The number of amides is 1. The molecule has 2 aromatic rings. The number of nitrogens with zero attached hydrogens (tertiary/aromatic N) is 4. The smallest absolute Gasteiger partial charge is 0.233 e. The van der Waals surface area contributed by atoms with Crippen LogP contribution in [0.2, 0.25) is 0 Å². The zero-order valence-corrected chi connectivity index (χ0v) is 13.7. The molecule has 0 saturated heterocycles. The van der Waals surface area contributed by atoms with Crippen molar-refractivity contribution in [3.63, 3.8) is 0 Å². The van der Waals surface area contributed by atoms with Crippen molar-refractivity contribution in [3.05, 3.63) is 29.3 Å². The summed E-state index contributed by atoms with van der Waals surface area (Å²) in [7, 11) is 0. The van der Waals surface area contributed by atoms with Crippen molar-refractivity contribution in [2.45, 2.75) is 50.1 Å². The van der Waals surface area contributed by atoms with Gasteiger partial charge in [-0.15, -0.1) is 5.10 Å². The standard InChI is InChI=1S/C15H19N5OS/c1-9-4-7-13(8-10(9)2)20-15(17-18-19-20)22-11(3)14(21)16-12-5-6-12/h4,7-8,11-12H,5-6H2,1-3H3,(H,16,21). The normalized spacial score (nSPS) is 15.6. The quantitative estimate of drug-likeness (QED) is 0.854. The Morgan fingerprint density at radius 2 is 2.14 bits per heavy atom. The van der Waals surface area contributed by atoms with Crippen molar-refractivity contribution in [2.75, 3.05) is 0 Å². The molecule has 0 aliphatic heterocycles. The summed E-state index contributed by atoms with van der Waals surface area (Å²) >= 11 is 1.37. The van der Waals surface area contributed by atoms with Gasteiger partial charge in [-0.05, 0) is 67.3 Å². The Hall–Kier alpha value is -1.89. The third-order valence-electron chi connectivity index (χ3n) is 3.75. The minimum absolute atomic E-state index is 0.0436. The second kappa shape index (κ2) is 6.08. The average Bonchev–Trinajstić information content (AvgIpc) is 3.18. The van der Waals surface area contributed by atoms with Gasteiger partial charge in [0, 0.05) is 6.04 Å². The van der Waals surface area contributed by atoms with Gasteiger partial charge in [0.2, 0.25) is 11.1 Å². The van der Waals surface area contributed by atoms with E-state index >= 15 is 0 Å². The molecule has 1 unspecified atom stereocenters. The zero-order chi connectivity index (χ0) is 15.7. The number of nitrogens with one attached hydrogen (secondary N) is 1. The van der Waals surface area contributed by atoms with E-state index in [2.05, 4.69) is 34.7 Å².